The number of amides is 1. The molecule has 0 atom stereocenters. The number of hydrogen-bond acceptors (Lipinski definition) is 8. The first-order chi connectivity index (χ1) is 11.0. The number of carbonyl (C=O) groups is 2. The molecule has 0 aliphatic carbocycles. The molecule has 14 heteroatoms. The van der Waals surface area contributed by atoms with Crippen molar-refractivity contribution in [1.82, 2.24) is 19.6 Å². The summed E-state index contributed by atoms with van der Waals surface area (Å²) in [6, 6.07) is 0. The lowest BCUT2D eigenvalue weighted by Crippen LogP contribution is -2.13. The lowest BCUT2D eigenvalue weighted by atomic mass is 10.4. The predicted molar refractivity (Wildman–Crippen MR) is 75.2 cm³/mol. The second-order valence-electron chi connectivity index (χ2n) is 4.26. The second kappa shape index (κ2) is 6.95. The van der Waals surface area contributed by atoms with Gasteiger partial charge in [-0.15, -0.1) is 0 Å². The molecule has 1 amide bonds. The van der Waals surface area contributed by atoms with Gasteiger partial charge in [-0.3, -0.25) is 34.4 Å². The lowest BCUT2D eigenvalue weighted by molar-refractivity contribution is -0.385. The Morgan fingerprint density at radius 2 is 1.42 bits per heavy atom. The fourth-order valence-electron chi connectivity index (χ4n) is 1.55. The van der Waals surface area contributed by atoms with Crippen molar-refractivity contribution in [3.63, 3.8) is 0 Å². The van der Waals surface area contributed by atoms with E-state index in [1.165, 1.54) is 14.1 Å². The van der Waals surface area contributed by atoms with Crippen LogP contribution < -0.4 is 5.73 Å². The van der Waals surface area contributed by atoms with E-state index < -0.39 is 33.1 Å². The molecule has 2 heterocycles. The molecule has 0 radical (unpaired) electrons. The minimum atomic E-state index is -1.40. The summed E-state index contributed by atoms with van der Waals surface area (Å²) in [7, 11) is 2.89. The van der Waals surface area contributed by atoms with E-state index in [-0.39, 0.29) is 11.4 Å². The van der Waals surface area contributed by atoms with E-state index in [0.29, 0.717) is 0 Å². The number of hydrogen-bond donors (Lipinski definition) is 2. The third-order valence-corrected chi connectivity index (χ3v) is 2.45. The number of nitrogens with two attached hydrogens (primary N) is 1. The zero-order chi connectivity index (χ0) is 18.6. The van der Waals surface area contributed by atoms with Gasteiger partial charge in [0.25, 0.3) is 5.91 Å². The van der Waals surface area contributed by atoms with E-state index in [2.05, 4.69) is 10.2 Å². The van der Waals surface area contributed by atoms with E-state index in [1.807, 2.05) is 0 Å². The molecular weight excluding hydrogens is 330 g/mol. The molecule has 0 spiro atoms. The van der Waals surface area contributed by atoms with Gasteiger partial charge in [0.15, 0.2) is 0 Å². The molecule has 2 aromatic heterocycles. The summed E-state index contributed by atoms with van der Waals surface area (Å²) < 4.78 is 2.25. The van der Waals surface area contributed by atoms with Crippen molar-refractivity contribution < 1.29 is 24.5 Å². The molecule has 0 saturated carbocycles. The van der Waals surface area contributed by atoms with Crippen LogP contribution >= 0.6 is 0 Å². The number of aromatic carboxylic acids is 1. The van der Waals surface area contributed by atoms with Crippen LogP contribution in [0.25, 0.3) is 0 Å². The standard InChI is InChI=1S/C5H6N4O3.C5H5N3O4/c1-8-2-3(9(11)12)4(7-8)5(6)10;1-7-2-3(8(11)12)4(6-7)5(9)10/h2H,1H3,(H2,6,10);2H,1H3,(H,9,10). The highest BCUT2D eigenvalue weighted by Crippen LogP contribution is 2.15. The van der Waals surface area contributed by atoms with Crippen molar-refractivity contribution in [2.45, 2.75) is 0 Å². The number of carboxylic acid groups (broad SMARTS) is 1. The number of rotatable bonds is 4. The average Bonchev–Trinajstić information content (AvgIpc) is 3.03. The summed E-state index contributed by atoms with van der Waals surface area (Å²) in [5.41, 5.74) is 3.12. The average molecular weight is 341 g/mol. The van der Waals surface area contributed by atoms with Crippen LogP contribution in [0.5, 0.6) is 0 Å². The van der Waals surface area contributed by atoms with E-state index in [4.69, 9.17) is 10.8 Å². The monoisotopic (exact) mass is 341 g/mol. The maximum Gasteiger partial charge on any atom is 0.363 e. The van der Waals surface area contributed by atoms with Gasteiger partial charge < -0.3 is 10.8 Å². The quantitative estimate of drug-likeness (QED) is 0.540. The molecule has 2 aromatic rings. The van der Waals surface area contributed by atoms with E-state index in [1.54, 1.807) is 0 Å². The topological polar surface area (TPSA) is 202 Å². The molecule has 14 nitrogen and oxygen atoms in total. The van der Waals surface area contributed by atoms with Gasteiger partial charge in [0.05, 0.1) is 9.85 Å². The van der Waals surface area contributed by atoms with Gasteiger partial charge in [-0.2, -0.15) is 10.2 Å². The summed E-state index contributed by atoms with van der Waals surface area (Å²) in [6.45, 7) is 0. The number of carbonyl (C=O) groups excluding carboxylic acids is 1. The van der Waals surface area contributed by atoms with Crippen molar-refractivity contribution in [2.24, 2.45) is 19.8 Å². The van der Waals surface area contributed by atoms with Crippen molar-refractivity contribution in [2.75, 3.05) is 0 Å². The van der Waals surface area contributed by atoms with Crippen LogP contribution in [-0.2, 0) is 14.1 Å². The van der Waals surface area contributed by atoms with Crippen molar-refractivity contribution in [3.05, 3.63) is 44.0 Å². The Kier molecular flexibility index (Phi) is 5.27. The first-order valence-corrected chi connectivity index (χ1v) is 5.93. The molecule has 0 unspecified atom stereocenters. The van der Waals surface area contributed by atoms with Crippen LogP contribution in [0, 0.1) is 20.2 Å². The molecule has 0 aromatic carbocycles. The van der Waals surface area contributed by atoms with Crippen LogP contribution in [0.4, 0.5) is 11.4 Å². The predicted octanol–water partition coefficient (Wildman–Crippen LogP) is -0.546. The van der Waals surface area contributed by atoms with Gasteiger partial charge in [-0.25, -0.2) is 4.79 Å². The molecule has 0 aliphatic heterocycles. The molecule has 24 heavy (non-hydrogen) atoms. The number of aromatic nitrogens is 4. The van der Waals surface area contributed by atoms with Gasteiger partial charge in [0, 0.05) is 14.1 Å². The van der Waals surface area contributed by atoms with Gasteiger partial charge in [0.2, 0.25) is 11.4 Å². The first-order valence-electron chi connectivity index (χ1n) is 5.93. The number of carboxylic acids is 1. The van der Waals surface area contributed by atoms with Crippen LogP contribution in [0.3, 0.4) is 0 Å². The number of aryl methyl sites for hydroxylation is 2. The molecule has 3 N–H and O–H groups in total. The molecule has 128 valence electrons. The van der Waals surface area contributed by atoms with Crippen molar-refractivity contribution >= 4 is 23.3 Å². The van der Waals surface area contributed by atoms with E-state index in [0.717, 1.165) is 21.8 Å². The van der Waals surface area contributed by atoms with E-state index in [9.17, 15) is 29.8 Å². The SMILES string of the molecule is Cn1cc([N+](=O)[O-])c(C(=O)O)n1.Cn1cc([N+](=O)[O-])c(C(N)=O)n1. The molecule has 2 rings (SSSR count). The summed E-state index contributed by atoms with van der Waals surface area (Å²) in [5, 5.41) is 35.9. The normalized spacial score (nSPS) is 9.75. The highest BCUT2D eigenvalue weighted by Gasteiger charge is 2.24. The third kappa shape index (κ3) is 4.09. The van der Waals surface area contributed by atoms with Crippen LogP contribution in [0.15, 0.2) is 12.4 Å². The van der Waals surface area contributed by atoms with Crippen LogP contribution in [0.1, 0.15) is 21.0 Å². The lowest BCUT2D eigenvalue weighted by Gasteiger charge is -1.86. The largest absolute Gasteiger partial charge is 0.476 e. The summed E-state index contributed by atoms with van der Waals surface area (Å²) >= 11 is 0. The van der Waals surface area contributed by atoms with Gasteiger partial charge >= 0.3 is 17.3 Å². The minimum Gasteiger partial charge on any atom is -0.476 e. The Bertz CT molecular complexity index is 690. The Morgan fingerprint density at radius 3 is 1.67 bits per heavy atom. The summed E-state index contributed by atoms with van der Waals surface area (Å²) in [5.74, 6) is -2.30. The Morgan fingerprint density at radius 1 is 1.04 bits per heavy atom. The fourth-order valence-corrected chi connectivity index (χ4v) is 1.55. The highest BCUT2D eigenvalue weighted by molar-refractivity contribution is 5.94. The molecule has 0 aliphatic rings. The van der Waals surface area contributed by atoms with E-state index >= 15 is 0 Å². The summed E-state index contributed by atoms with van der Waals surface area (Å²) in [6.07, 6.45) is 2.17. The summed E-state index contributed by atoms with van der Waals surface area (Å²) in [4.78, 5) is 40.0. The molecule has 0 bridgehead atoms. The zero-order valence-corrected chi connectivity index (χ0v) is 12.3. The number of primary amides is 1. The van der Waals surface area contributed by atoms with Crippen molar-refractivity contribution in [3.8, 4) is 0 Å². The highest BCUT2D eigenvalue weighted by atomic mass is 16.6. The molecule has 0 fully saturated rings. The third-order valence-electron chi connectivity index (χ3n) is 2.45. The van der Waals surface area contributed by atoms with Crippen LogP contribution in [-0.4, -0.2) is 46.4 Å². The smallest absolute Gasteiger partial charge is 0.363 e. The van der Waals surface area contributed by atoms with Gasteiger partial charge in [-0.1, -0.05) is 0 Å². The molecule has 0 saturated heterocycles. The second-order valence-corrected chi connectivity index (χ2v) is 4.26. The minimum absolute atomic E-state index is 0.317. The maximum absolute atomic E-state index is 10.6. The van der Waals surface area contributed by atoms with Gasteiger partial charge in [0.1, 0.15) is 12.4 Å². The van der Waals surface area contributed by atoms with Gasteiger partial charge in [-0.05, 0) is 0 Å². The Labute approximate surface area is 132 Å². The molecular formula is C10H11N7O7. The van der Waals surface area contributed by atoms with Crippen molar-refractivity contribution in [1.29, 1.82) is 0 Å². The first kappa shape index (κ1) is 18.2. The number of nitro groups is 2. The Hall–Kier alpha value is -3.84. The fraction of sp³-hybridized carbons (Fsp3) is 0.200. The zero-order valence-electron chi connectivity index (χ0n) is 12.3. The Balaban J connectivity index is 0.000000240. The number of nitrogens with zero attached hydrogens (tertiary/aromatic N) is 6. The van der Waals surface area contributed by atoms with Crippen LogP contribution in [0.2, 0.25) is 0 Å². The maximum atomic E-state index is 10.6.